The van der Waals surface area contributed by atoms with Crippen molar-refractivity contribution in [2.24, 2.45) is 0 Å². The van der Waals surface area contributed by atoms with E-state index in [1.54, 1.807) is 6.07 Å². The number of aliphatic hydroxyl groups is 1. The third-order valence-corrected chi connectivity index (χ3v) is 2.59. The molecule has 0 saturated carbocycles. The van der Waals surface area contributed by atoms with Crippen LogP contribution in [0.25, 0.3) is 0 Å². The zero-order valence-corrected chi connectivity index (χ0v) is 9.96. The van der Waals surface area contributed by atoms with Crippen molar-refractivity contribution >= 4 is 11.9 Å². The monoisotopic (exact) mass is 267 g/mol. The van der Waals surface area contributed by atoms with Gasteiger partial charge < -0.3 is 25.0 Å². The molecular formula is C12H13NO6. The maximum Gasteiger partial charge on any atom is 0.328 e. The average Bonchev–Trinajstić information content (AvgIpc) is 2.43. The van der Waals surface area contributed by atoms with Gasteiger partial charge in [-0.15, -0.1) is 0 Å². The Bertz CT molecular complexity index is 501. The summed E-state index contributed by atoms with van der Waals surface area (Å²) in [5.41, 5.74) is 0.240. The summed E-state index contributed by atoms with van der Waals surface area (Å²) in [6.07, 6.45) is 0. The fourth-order valence-corrected chi connectivity index (χ4v) is 1.61. The van der Waals surface area contributed by atoms with Gasteiger partial charge in [0.2, 0.25) is 0 Å². The van der Waals surface area contributed by atoms with Crippen LogP contribution >= 0.6 is 0 Å². The van der Waals surface area contributed by atoms with Crippen molar-refractivity contribution in [2.75, 3.05) is 19.8 Å². The van der Waals surface area contributed by atoms with Gasteiger partial charge in [-0.2, -0.15) is 0 Å². The zero-order valence-electron chi connectivity index (χ0n) is 9.96. The van der Waals surface area contributed by atoms with Crippen molar-refractivity contribution in [1.29, 1.82) is 0 Å². The van der Waals surface area contributed by atoms with Gasteiger partial charge in [-0.3, -0.25) is 4.79 Å². The maximum absolute atomic E-state index is 11.8. The molecule has 0 aliphatic carbocycles. The van der Waals surface area contributed by atoms with Gasteiger partial charge in [-0.05, 0) is 18.2 Å². The highest BCUT2D eigenvalue weighted by Crippen LogP contribution is 2.30. The van der Waals surface area contributed by atoms with Crippen LogP contribution in [0.1, 0.15) is 10.4 Å². The molecule has 1 aromatic carbocycles. The number of hydrogen-bond acceptors (Lipinski definition) is 5. The summed E-state index contributed by atoms with van der Waals surface area (Å²) in [6, 6.07) is 3.22. The Hall–Kier alpha value is -2.28. The van der Waals surface area contributed by atoms with Crippen LogP contribution < -0.4 is 14.8 Å². The number of ether oxygens (including phenoxy) is 2. The average molecular weight is 267 g/mol. The molecule has 0 radical (unpaired) electrons. The Labute approximate surface area is 108 Å². The predicted molar refractivity (Wildman–Crippen MR) is 63.4 cm³/mol. The first kappa shape index (κ1) is 13.2. The first-order valence-corrected chi connectivity index (χ1v) is 5.66. The number of hydrogen-bond donors (Lipinski definition) is 3. The summed E-state index contributed by atoms with van der Waals surface area (Å²) in [5.74, 6) is -0.915. The van der Waals surface area contributed by atoms with Crippen LogP contribution in [0.3, 0.4) is 0 Å². The SMILES string of the molecule is O=C(N[C@@H](CO)C(=O)O)c1ccc2c(c1)OCCO2. The maximum atomic E-state index is 11.8. The lowest BCUT2D eigenvalue weighted by molar-refractivity contribution is -0.140. The molecule has 7 nitrogen and oxygen atoms in total. The zero-order chi connectivity index (χ0) is 13.8. The smallest absolute Gasteiger partial charge is 0.328 e. The molecule has 7 heteroatoms. The fraction of sp³-hybridized carbons (Fsp3) is 0.333. The lowest BCUT2D eigenvalue weighted by Crippen LogP contribution is -2.43. The molecule has 1 atom stereocenters. The summed E-state index contributed by atoms with van der Waals surface area (Å²) in [5, 5.41) is 19.8. The molecule has 1 aromatic rings. The summed E-state index contributed by atoms with van der Waals surface area (Å²) >= 11 is 0. The van der Waals surface area contributed by atoms with E-state index in [-0.39, 0.29) is 5.56 Å². The lowest BCUT2D eigenvalue weighted by Gasteiger charge is -2.19. The summed E-state index contributed by atoms with van der Waals surface area (Å²) in [7, 11) is 0. The second kappa shape index (κ2) is 5.57. The molecule has 1 amide bonds. The predicted octanol–water partition coefficient (Wildman–Crippen LogP) is -0.367. The van der Waals surface area contributed by atoms with Crippen LogP contribution in [0.15, 0.2) is 18.2 Å². The Morgan fingerprint density at radius 3 is 2.58 bits per heavy atom. The van der Waals surface area contributed by atoms with E-state index in [4.69, 9.17) is 19.7 Å². The van der Waals surface area contributed by atoms with Crippen LogP contribution in [-0.2, 0) is 4.79 Å². The van der Waals surface area contributed by atoms with E-state index in [2.05, 4.69) is 5.32 Å². The third kappa shape index (κ3) is 2.94. The number of fused-ring (bicyclic) bond motifs is 1. The van der Waals surface area contributed by atoms with Gasteiger partial charge in [-0.1, -0.05) is 0 Å². The number of carbonyl (C=O) groups excluding carboxylic acids is 1. The molecule has 3 N–H and O–H groups in total. The van der Waals surface area contributed by atoms with E-state index in [1.807, 2.05) is 0 Å². The second-order valence-electron chi connectivity index (χ2n) is 3.91. The van der Waals surface area contributed by atoms with Gasteiger partial charge >= 0.3 is 5.97 Å². The van der Waals surface area contributed by atoms with Gasteiger partial charge in [0.05, 0.1) is 6.61 Å². The van der Waals surface area contributed by atoms with Crippen LogP contribution in [-0.4, -0.2) is 48.0 Å². The van der Waals surface area contributed by atoms with E-state index in [0.717, 1.165) is 0 Å². The quantitative estimate of drug-likeness (QED) is 0.687. The van der Waals surface area contributed by atoms with Crippen LogP contribution in [0.4, 0.5) is 0 Å². The molecule has 0 aromatic heterocycles. The largest absolute Gasteiger partial charge is 0.486 e. The molecule has 1 aliphatic rings. The Morgan fingerprint density at radius 2 is 1.95 bits per heavy atom. The first-order valence-electron chi connectivity index (χ1n) is 5.66. The lowest BCUT2D eigenvalue weighted by atomic mass is 10.1. The van der Waals surface area contributed by atoms with E-state index < -0.39 is 24.5 Å². The molecule has 0 unspecified atom stereocenters. The number of carbonyl (C=O) groups is 2. The normalized spacial score (nSPS) is 14.6. The molecule has 19 heavy (non-hydrogen) atoms. The molecule has 0 bridgehead atoms. The van der Waals surface area contributed by atoms with Crippen LogP contribution in [0.5, 0.6) is 11.5 Å². The first-order chi connectivity index (χ1) is 9.11. The Morgan fingerprint density at radius 1 is 1.26 bits per heavy atom. The number of aliphatic hydroxyl groups excluding tert-OH is 1. The molecule has 0 spiro atoms. The molecule has 1 heterocycles. The minimum atomic E-state index is -1.33. The van der Waals surface area contributed by atoms with Gasteiger partial charge in [0, 0.05) is 5.56 Å². The minimum absolute atomic E-state index is 0.240. The minimum Gasteiger partial charge on any atom is -0.486 e. The number of carboxylic acid groups (broad SMARTS) is 1. The van der Waals surface area contributed by atoms with Gasteiger partial charge in [-0.25, -0.2) is 4.79 Å². The fourth-order valence-electron chi connectivity index (χ4n) is 1.61. The van der Waals surface area contributed by atoms with Crippen molar-refractivity contribution in [1.82, 2.24) is 5.32 Å². The molecule has 0 saturated heterocycles. The second-order valence-corrected chi connectivity index (χ2v) is 3.91. The van der Waals surface area contributed by atoms with Crippen molar-refractivity contribution in [3.8, 4) is 11.5 Å². The standard InChI is InChI=1S/C12H13NO6/c14-6-8(12(16)17)13-11(15)7-1-2-9-10(5-7)19-4-3-18-9/h1-2,5,8,14H,3-4,6H2,(H,13,15)(H,16,17)/t8-/m0/s1. The number of rotatable bonds is 4. The van der Waals surface area contributed by atoms with E-state index in [0.29, 0.717) is 24.7 Å². The summed E-state index contributed by atoms with van der Waals surface area (Å²) in [6.45, 7) is 0.169. The molecule has 2 rings (SSSR count). The topological polar surface area (TPSA) is 105 Å². The number of benzene rings is 1. The van der Waals surface area contributed by atoms with Crippen LogP contribution in [0, 0.1) is 0 Å². The van der Waals surface area contributed by atoms with Crippen molar-refractivity contribution in [2.45, 2.75) is 6.04 Å². The highest BCUT2D eigenvalue weighted by Gasteiger charge is 2.21. The van der Waals surface area contributed by atoms with Gasteiger partial charge in [0.25, 0.3) is 5.91 Å². The molecular weight excluding hydrogens is 254 g/mol. The summed E-state index contributed by atoms with van der Waals surface area (Å²) in [4.78, 5) is 22.5. The number of nitrogens with one attached hydrogen (secondary N) is 1. The van der Waals surface area contributed by atoms with E-state index in [9.17, 15) is 9.59 Å². The van der Waals surface area contributed by atoms with Crippen LogP contribution in [0.2, 0.25) is 0 Å². The highest BCUT2D eigenvalue weighted by molar-refractivity contribution is 5.97. The third-order valence-electron chi connectivity index (χ3n) is 2.59. The molecule has 0 fully saturated rings. The van der Waals surface area contributed by atoms with Crippen molar-refractivity contribution in [3.05, 3.63) is 23.8 Å². The molecule has 1 aliphatic heterocycles. The van der Waals surface area contributed by atoms with Crippen molar-refractivity contribution < 1.29 is 29.3 Å². The Balaban J connectivity index is 2.13. The summed E-state index contributed by atoms with van der Waals surface area (Å²) < 4.78 is 10.6. The number of carboxylic acids is 1. The van der Waals surface area contributed by atoms with E-state index >= 15 is 0 Å². The molecule has 102 valence electrons. The number of aliphatic carboxylic acids is 1. The Kier molecular flexibility index (Phi) is 3.86. The number of amides is 1. The highest BCUT2D eigenvalue weighted by atomic mass is 16.6. The van der Waals surface area contributed by atoms with Gasteiger partial charge in [0.1, 0.15) is 13.2 Å². The van der Waals surface area contributed by atoms with Gasteiger partial charge in [0.15, 0.2) is 17.5 Å². The van der Waals surface area contributed by atoms with Crippen molar-refractivity contribution in [3.63, 3.8) is 0 Å². The van der Waals surface area contributed by atoms with E-state index in [1.165, 1.54) is 12.1 Å².